The van der Waals surface area contributed by atoms with Crippen LogP contribution in [-0.4, -0.2) is 239 Å². The van der Waals surface area contributed by atoms with Crippen molar-refractivity contribution in [2.45, 2.75) is 6.92 Å². The van der Waals surface area contributed by atoms with Crippen LogP contribution in [0.5, 0.6) is 17.2 Å². The van der Waals surface area contributed by atoms with Crippen LogP contribution in [-0.2, 0) is 42.5 Å². The van der Waals surface area contributed by atoms with Gasteiger partial charge in [0, 0.05) is 187 Å². The zero-order chi connectivity index (χ0) is 91.8. The molecule has 6 aliphatic rings. The number of morpholine rings is 6. The maximum Gasteiger partial charge on any atom is 0.335 e. The number of ether oxygens (including phenoxy) is 6. The van der Waals surface area contributed by atoms with Crippen molar-refractivity contribution in [1.82, 2.24) is 39.0 Å². The first-order valence-electron chi connectivity index (χ1n) is 41.8. The van der Waals surface area contributed by atoms with Gasteiger partial charge in [0.25, 0.3) is 10.2 Å². The van der Waals surface area contributed by atoms with Gasteiger partial charge in [-0.05, 0) is 140 Å². The molecule has 0 amide bonds. The fourth-order valence-corrected chi connectivity index (χ4v) is 15.3. The van der Waals surface area contributed by atoms with Gasteiger partial charge in [0.1, 0.15) is 28.1 Å². The van der Waals surface area contributed by atoms with E-state index >= 15 is 0 Å². The molecule has 0 atom stereocenters. The predicted molar refractivity (Wildman–Crippen MR) is 494 cm³/mol. The summed E-state index contributed by atoms with van der Waals surface area (Å²) in [7, 11) is 3.75. The molecule has 9 aromatic carbocycles. The number of aromatic amines is 1. The standard InChI is InChI=1S/C21H21N5O3.C20H19N5O4.C11H11ClN2O2.C11H12N2O2S.C10H12N2O4.C10H14N2O2.C6H4FNO3/c1-13(27)14-3-6-18-17(11-14)22-20(25(18)2)24-21-23-16-5-4-15(12-19(16)29-21)26-7-9-28-10-8-26;1-24-16-5-2-12(18(26)27)10-15(16)21-19(24)23-20-22-14-4-3-13(11-17(14)29-20)25-6-8-28-9-7-25;12-11-13-9-2-1-8(7-10(9)16-11)14-3-5-15-6-4-14;16-11-12-9-2-1-8(7-10(9)15-11)13-3-5-14-6-4-13;13-10-7-8(1-2-9(10)12(14)15)11-3-5-16-6-4-11;11-9-2-1-8(7-10(9)13)12-3-5-14-6-4-12;7-4-1-2-5(8(10)11)6(9)3-4/h3-6,11-12H,7-10H2,1-2H3,(H,22,23,24);2-5,10-11H,6-9H2,1H3,(H,26,27)(H,21,22,23);1-2,7H,3-6H2;1-2,7H,3-6H2,(H,12,16);1-2,7,13H,3-6H2;1-2,7,13H,3-6,11H2;1-3,9H. The summed E-state index contributed by atoms with van der Waals surface area (Å²) in [5, 5.41) is 63.9. The van der Waals surface area contributed by atoms with Crippen molar-refractivity contribution in [3.63, 3.8) is 0 Å². The number of aromatic hydroxyl groups is 3. The number of carboxylic acid groups (broad SMARTS) is 1. The minimum Gasteiger partial charge on any atom is -0.506 e. The van der Waals surface area contributed by atoms with E-state index in [9.17, 15) is 44.4 Å². The molecule has 0 unspecified atom stereocenters. The highest BCUT2D eigenvalue weighted by atomic mass is 35.5. The van der Waals surface area contributed by atoms with Gasteiger partial charge in [-0.2, -0.15) is 15.0 Å². The molecular formula is C89H93ClFN19O20S. The number of nitrogens with one attached hydrogen (secondary N) is 3. The smallest absolute Gasteiger partial charge is 0.335 e. The monoisotopic (exact) mass is 1830 g/mol. The number of nitrogens with two attached hydrogens (primary N) is 1. The van der Waals surface area contributed by atoms with E-state index in [2.05, 4.69) is 77.2 Å². The van der Waals surface area contributed by atoms with Crippen molar-refractivity contribution in [3.8, 4) is 17.2 Å². The molecule has 6 fully saturated rings. The molecule has 21 rings (SSSR count). The van der Waals surface area contributed by atoms with Gasteiger partial charge in [0.2, 0.25) is 11.9 Å². The van der Waals surface area contributed by atoms with E-state index in [1.54, 1.807) is 49.4 Å². The topological polar surface area (TPSA) is 469 Å². The SMILES string of the molecule is CC(=O)c1ccc2c(c1)nc(Nc1nc3ccc(N4CCOCC4)cc3o1)n2C.Clc1nc2ccc(N3CCOCC3)cc2o1.Cn1c(Nc2nc3ccc(N4CCOCC4)cc3o2)nc2cc(C(=O)O)ccc21.Nc1ccc(N2CCOCC2)cc1O.O=[N+]([O-])c1ccc(F)cc1O.O=[N+]([O-])c1ccc(N2CCOCC2)cc1O.S=c1[nH]c2ccc(N3CCOCC3)cc2o1. The number of fused-ring (bicyclic) bond motifs is 6. The number of Topliss-reactive ketones (excluding diaryl/α,β-unsaturated/α-hetero) is 1. The summed E-state index contributed by atoms with van der Waals surface area (Å²) >= 11 is 10.7. The van der Waals surface area contributed by atoms with Gasteiger partial charge in [0.05, 0.1) is 128 Å². The van der Waals surface area contributed by atoms with Crippen molar-refractivity contribution in [3.05, 3.63) is 211 Å². The molecule has 15 aromatic rings. The molecule has 0 aliphatic carbocycles. The van der Waals surface area contributed by atoms with Crippen LogP contribution in [0.4, 0.5) is 79.5 Å². The Labute approximate surface area is 755 Å². The number of benzene rings is 9. The first kappa shape index (κ1) is 91.3. The Morgan fingerprint density at radius 2 is 0.786 bits per heavy atom. The number of hydrogen-bond acceptors (Lipinski definition) is 34. The third-order valence-corrected chi connectivity index (χ3v) is 22.3. The van der Waals surface area contributed by atoms with Crippen LogP contribution in [0.2, 0.25) is 5.35 Å². The molecule has 6 aliphatic heterocycles. The fourth-order valence-electron chi connectivity index (χ4n) is 14.9. The number of imidazole rings is 2. The number of aromatic nitrogens is 8. The Morgan fingerprint density at radius 1 is 0.435 bits per heavy atom. The highest BCUT2D eigenvalue weighted by Crippen LogP contribution is 2.36. The second kappa shape index (κ2) is 42.2. The van der Waals surface area contributed by atoms with Crippen molar-refractivity contribution >= 4 is 177 Å². The number of anilines is 11. The molecular weight excluding hydrogens is 1740 g/mol. The lowest BCUT2D eigenvalue weighted by Gasteiger charge is -2.28. The number of phenols is 3. The first-order chi connectivity index (χ1) is 63.4. The largest absolute Gasteiger partial charge is 0.506 e. The Bertz CT molecular complexity index is 6430. The van der Waals surface area contributed by atoms with E-state index in [1.807, 2.05) is 107 Å². The van der Waals surface area contributed by atoms with E-state index in [1.165, 1.54) is 12.1 Å². The van der Waals surface area contributed by atoms with Gasteiger partial charge >= 0.3 is 29.4 Å². The molecule has 6 aromatic heterocycles. The number of halogens is 2. The predicted octanol–water partition coefficient (Wildman–Crippen LogP) is 14.5. The zero-order valence-electron chi connectivity index (χ0n) is 71.3. The lowest BCUT2D eigenvalue weighted by Crippen LogP contribution is -2.36. The molecule has 131 heavy (non-hydrogen) atoms. The van der Waals surface area contributed by atoms with E-state index in [-0.39, 0.29) is 33.9 Å². The number of oxazole rings is 4. The molecule has 6 saturated heterocycles. The minimum atomic E-state index is -0.984. The van der Waals surface area contributed by atoms with Crippen molar-refractivity contribution < 1.29 is 90.3 Å². The molecule has 0 radical (unpaired) electrons. The summed E-state index contributed by atoms with van der Waals surface area (Å²) in [6, 6.07) is 47.3. The number of ketones is 1. The number of nitrogen functional groups attached to an aromatic ring is 1. The molecule has 0 bridgehead atoms. The first-order valence-corrected chi connectivity index (χ1v) is 42.5. The summed E-state index contributed by atoms with van der Waals surface area (Å²) in [6.45, 7) is 20.6. The van der Waals surface area contributed by atoms with Gasteiger partial charge in [-0.3, -0.25) is 35.7 Å². The second-order valence-corrected chi connectivity index (χ2v) is 31.0. The van der Waals surface area contributed by atoms with Crippen LogP contribution >= 0.6 is 23.8 Å². The number of nitrogens with zero attached hydrogens (tertiary/aromatic N) is 15. The Kier molecular flexibility index (Phi) is 29.4. The highest BCUT2D eigenvalue weighted by Gasteiger charge is 2.24. The number of carbonyl (C=O) groups excluding carboxylic acids is 1. The van der Waals surface area contributed by atoms with Gasteiger partial charge in [-0.25, -0.2) is 19.2 Å². The third-order valence-electron chi connectivity index (χ3n) is 21.9. The van der Waals surface area contributed by atoms with Gasteiger partial charge in [-0.1, -0.05) is 0 Å². The number of aryl methyl sites for hydroxylation is 2. The average molecular weight is 1840 g/mol. The van der Waals surface area contributed by atoms with Crippen LogP contribution < -0.4 is 45.8 Å². The van der Waals surface area contributed by atoms with Crippen LogP contribution in [0.25, 0.3) is 66.5 Å². The summed E-state index contributed by atoms with van der Waals surface area (Å²) in [5.74, 6) is -1.36. The summed E-state index contributed by atoms with van der Waals surface area (Å²) in [5.41, 5.74) is 21.5. The highest BCUT2D eigenvalue weighted by molar-refractivity contribution is 7.71. The maximum absolute atomic E-state index is 12.2. The minimum absolute atomic E-state index is 0.0158. The second-order valence-electron chi connectivity index (χ2n) is 30.3. The van der Waals surface area contributed by atoms with Crippen molar-refractivity contribution in [2.24, 2.45) is 14.1 Å². The molecule has 0 saturated carbocycles. The van der Waals surface area contributed by atoms with Gasteiger partial charge in [-0.15, -0.1) is 0 Å². The molecule has 42 heteroatoms. The molecule has 39 nitrogen and oxygen atoms in total. The van der Waals surface area contributed by atoms with E-state index in [0.29, 0.717) is 76.0 Å². The molecule has 9 N–H and O–H groups in total. The third kappa shape index (κ3) is 23.0. The van der Waals surface area contributed by atoms with Crippen molar-refractivity contribution in [1.29, 1.82) is 0 Å². The molecule has 12 heterocycles. The number of carbonyl (C=O) groups is 2. The summed E-state index contributed by atoms with van der Waals surface area (Å²) in [6.07, 6.45) is 0. The summed E-state index contributed by atoms with van der Waals surface area (Å²) < 4.78 is 70.4. The van der Waals surface area contributed by atoms with Crippen LogP contribution in [0.1, 0.15) is 27.6 Å². The maximum atomic E-state index is 12.2. The van der Waals surface area contributed by atoms with Gasteiger partial charge < -0.3 is 116 Å². The Balaban J connectivity index is 0.000000120. The van der Waals surface area contributed by atoms with Crippen LogP contribution in [0, 0.1) is 30.9 Å². The lowest BCUT2D eigenvalue weighted by atomic mass is 10.1. The lowest BCUT2D eigenvalue weighted by molar-refractivity contribution is -0.386. The quantitative estimate of drug-likeness (QED) is 0.0125. The van der Waals surface area contributed by atoms with Crippen LogP contribution in [0.3, 0.4) is 0 Å². The number of carboxylic acids is 1. The van der Waals surface area contributed by atoms with Crippen molar-refractivity contribution in [2.75, 3.05) is 204 Å². The van der Waals surface area contributed by atoms with E-state index in [4.69, 9.17) is 85.9 Å². The number of H-pyrrole nitrogens is 1. The number of rotatable bonds is 14. The number of nitro benzene ring substituents is 2. The van der Waals surface area contributed by atoms with Crippen LogP contribution in [0.15, 0.2) is 181 Å². The number of nitro groups is 2. The Morgan fingerprint density at radius 3 is 1.18 bits per heavy atom. The zero-order valence-corrected chi connectivity index (χ0v) is 72.9. The number of hydrogen-bond donors (Lipinski definition) is 8. The fraction of sp³-hybridized carbons (Fsp3) is 0.303. The molecule has 0 spiro atoms. The average Bonchev–Trinajstić information content (AvgIpc) is 1.63. The van der Waals surface area contributed by atoms with Gasteiger partial charge in [0.15, 0.2) is 39.6 Å². The number of aromatic carboxylic acids is 1. The van der Waals surface area contributed by atoms with E-state index < -0.39 is 33.1 Å². The molecule has 684 valence electrons. The Hall–Kier alpha value is -14.5. The van der Waals surface area contributed by atoms with E-state index in [0.717, 1.165) is 241 Å². The summed E-state index contributed by atoms with van der Waals surface area (Å²) in [4.78, 5) is 80.8. The number of phenolic OH excluding ortho intramolecular Hbond substituents is 3. The normalized spacial score (nSPS) is 15.2.